The number of nitrogens with zero attached hydrogens (tertiary/aromatic N) is 4. The topological polar surface area (TPSA) is 113 Å². The smallest absolute Gasteiger partial charge is 0.229 e. The minimum absolute atomic E-state index is 0.352. The van der Waals surface area contributed by atoms with Gasteiger partial charge >= 0.3 is 0 Å². The van der Waals surface area contributed by atoms with Crippen LogP contribution >= 0.6 is 0 Å². The Morgan fingerprint density at radius 1 is 0.853 bits per heavy atom. The van der Waals surface area contributed by atoms with E-state index in [2.05, 4.69) is 30.6 Å². The molecule has 5 rings (SSSR count). The van der Waals surface area contributed by atoms with E-state index in [0.717, 1.165) is 11.4 Å². The number of hydrogen-bond acceptors (Lipinski definition) is 10. The first-order chi connectivity index (χ1) is 16.7. The van der Waals surface area contributed by atoms with Crippen LogP contribution in [0.25, 0.3) is 11.4 Å². The molecule has 34 heavy (non-hydrogen) atoms. The molecule has 0 amide bonds. The molecule has 1 aliphatic heterocycles. The van der Waals surface area contributed by atoms with Gasteiger partial charge in [0.25, 0.3) is 0 Å². The molecular formula is C24H22N6O4. The van der Waals surface area contributed by atoms with Crippen LogP contribution in [0, 0.1) is 0 Å². The molecule has 4 heterocycles. The van der Waals surface area contributed by atoms with E-state index in [1.54, 1.807) is 38.9 Å². The molecule has 0 saturated carbocycles. The van der Waals surface area contributed by atoms with E-state index in [9.17, 15) is 0 Å². The quantitative estimate of drug-likeness (QED) is 0.418. The molecule has 0 fully saturated rings. The maximum absolute atomic E-state index is 5.71. The van der Waals surface area contributed by atoms with Crippen molar-refractivity contribution in [3.8, 4) is 34.4 Å². The molecule has 0 bridgehead atoms. The normalized spacial score (nSPS) is 12.1. The lowest BCUT2D eigenvalue weighted by Gasteiger charge is -2.21. The second-order valence-electron chi connectivity index (χ2n) is 7.18. The predicted octanol–water partition coefficient (Wildman–Crippen LogP) is 4.21. The van der Waals surface area contributed by atoms with Gasteiger partial charge in [-0.05, 0) is 24.3 Å². The Morgan fingerprint density at radius 3 is 2.53 bits per heavy atom. The summed E-state index contributed by atoms with van der Waals surface area (Å²) in [4.78, 5) is 17.9. The van der Waals surface area contributed by atoms with Gasteiger partial charge < -0.3 is 29.6 Å². The molecule has 0 saturated heterocycles. The molecule has 4 aromatic rings. The van der Waals surface area contributed by atoms with Crippen molar-refractivity contribution in [3.63, 3.8) is 0 Å². The Hall–Kier alpha value is -4.60. The summed E-state index contributed by atoms with van der Waals surface area (Å²) < 4.78 is 22.3. The molecule has 0 atom stereocenters. The first-order valence-electron chi connectivity index (χ1n) is 10.5. The lowest BCUT2D eigenvalue weighted by molar-refractivity contribution is 0.165. The highest BCUT2D eigenvalue weighted by molar-refractivity contribution is 5.77. The Balaban J connectivity index is 1.46. The lowest BCUT2D eigenvalue weighted by Crippen LogP contribution is -2.16. The monoisotopic (exact) mass is 458 g/mol. The molecule has 0 spiro atoms. The van der Waals surface area contributed by atoms with Crippen LogP contribution in [0.15, 0.2) is 61.1 Å². The SMILES string of the molecule is COc1cnc(Nc2cc(OC)c3c(c2)OCCO3)nc1Nc1cccnc1-c1ccccn1. The minimum atomic E-state index is 0.352. The molecule has 2 N–H and O–H groups in total. The maximum atomic E-state index is 5.71. The third kappa shape index (κ3) is 4.33. The Labute approximate surface area is 195 Å². The summed E-state index contributed by atoms with van der Waals surface area (Å²) in [6.45, 7) is 0.942. The summed E-state index contributed by atoms with van der Waals surface area (Å²) in [5.41, 5.74) is 2.84. The summed E-state index contributed by atoms with van der Waals surface area (Å²) >= 11 is 0. The fourth-order valence-corrected chi connectivity index (χ4v) is 3.48. The van der Waals surface area contributed by atoms with Gasteiger partial charge in [0.15, 0.2) is 23.1 Å². The molecule has 1 aromatic carbocycles. The van der Waals surface area contributed by atoms with E-state index >= 15 is 0 Å². The molecule has 0 radical (unpaired) electrons. The third-order valence-electron chi connectivity index (χ3n) is 5.03. The maximum Gasteiger partial charge on any atom is 0.229 e. The van der Waals surface area contributed by atoms with E-state index in [0.29, 0.717) is 59.4 Å². The highest BCUT2D eigenvalue weighted by Gasteiger charge is 2.19. The minimum Gasteiger partial charge on any atom is -0.493 e. The number of anilines is 4. The predicted molar refractivity (Wildman–Crippen MR) is 127 cm³/mol. The van der Waals surface area contributed by atoms with E-state index in [-0.39, 0.29) is 0 Å². The molecule has 10 nitrogen and oxygen atoms in total. The van der Waals surface area contributed by atoms with Gasteiger partial charge in [0.05, 0.1) is 31.8 Å². The molecule has 172 valence electrons. The van der Waals surface area contributed by atoms with Crippen molar-refractivity contribution < 1.29 is 18.9 Å². The number of pyridine rings is 2. The summed E-state index contributed by atoms with van der Waals surface area (Å²) in [5.74, 6) is 3.02. The van der Waals surface area contributed by atoms with Gasteiger partial charge in [0.2, 0.25) is 11.7 Å². The number of ether oxygens (including phenoxy) is 4. The number of hydrogen-bond donors (Lipinski definition) is 2. The number of rotatable bonds is 7. The number of fused-ring (bicyclic) bond motifs is 1. The Bertz CT molecular complexity index is 1280. The van der Waals surface area contributed by atoms with E-state index < -0.39 is 0 Å². The zero-order valence-electron chi connectivity index (χ0n) is 18.6. The van der Waals surface area contributed by atoms with Crippen molar-refractivity contribution >= 4 is 23.1 Å². The summed E-state index contributed by atoms with van der Waals surface area (Å²) in [7, 11) is 3.14. The van der Waals surface area contributed by atoms with Crippen LogP contribution in [-0.2, 0) is 0 Å². The van der Waals surface area contributed by atoms with Gasteiger partial charge in [-0.2, -0.15) is 4.98 Å². The average molecular weight is 458 g/mol. The van der Waals surface area contributed by atoms with Crippen molar-refractivity contribution in [1.82, 2.24) is 19.9 Å². The molecular weight excluding hydrogens is 436 g/mol. The molecule has 3 aromatic heterocycles. The standard InChI is InChI=1S/C24H22N6O4/c1-31-18-12-15(13-19-22(18)34-11-10-33-19)28-24-27-14-20(32-2)23(30-24)29-17-7-5-9-26-21(17)16-6-3-4-8-25-16/h3-9,12-14H,10-11H2,1-2H3,(H2,27,28,29,30). The molecule has 0 unspecified atom stereocenters. The molecule has 1 aliphatic rings. The summed E-state index contributed by atoms with van der Waals surface area (Å²) in [5, 5.41) is 6.49. The second kappa shape index (κ2) is 9.49. The van der Waals surface area contributed by atoms with Crippen LogP contribution in [0.3, 0.4) is 0 Å². The van der Waals surface area contributed by atoms with Gasteiger partial charge in [0, 0.05) is 30.2 Å². The second-order valence-corrected chi connectivity index (χ2v) is 7.18. The average Bonchev–Trinajstić information content (AvgIpc) is 2.89. The summed E-state index contributed by atoms with van der Waals surface area (Å²) in [6.07, 6.45) is 5.03. The first-order valence-corrected chi connectivity index (χ1v) is 10.5. The van der Waals surface area contributed by atoms with Gasteiger partial charge in [-0.25, -0.2) is 4.98 Å². The van der Waals surface area contributed by atoms with Crippen LogP contribution in [0.1, 0.15) is 0 Å². The highest BCUT2D eigenvalue weighted by atomic mass is 16.6. The van der Waals surface area contributed by atoms with E-state index in [1.807, 2.05) is 36.4 Å². The van der Waals surface area contributed by atoms with Gasteiger partial charge in [-0.3, -0.25) is 9.97 Å². The van der Waals surface area contributed by atoms with Crippen LogP contribution in [0.2, 0.25) is 0 Å². The van der Waals surface area contributed by atoms with Crippen molar-refractivity contribution in [2.75, 3.05) is 38.1 Å². The highest BCUT2D eigenvalue weighted by Crippen LogP contribution is 2.42. The van der Waals surface area contributed by atoms with Crippen molar-refractivity contribution in [3.05, 3.63) is 61.1 Å². The molecule has 0 aliphatic carbocycles. The van der Waals surface area contributed by atoms with Gasteiger partial charge in [0.1, 0.15) is 18.9 Å². The number of benzene rings is 1. The Kier molecular flexibility index (Phi) is 5.93. The van der Waals surface area contributed by atoms with Crippen molar-refractivity contribution in [2.45, 2.75) is 0 Å². The lowest BCUT2D eigenvalue weighted by atomic mass is 10.2. The molecule has 10 heteroatoms. The fourth-order valence-electron chi connectivity index (χ4n) is 3.48. The zero-order valence-corrected chi connectivity index (χ0v) is 18.6. The van der Waals surface area contributed by atoms with Crippen molar-refractivity contribution in [1.29, 1.82) is 0 Å². The van der Waals surface area contributed by atoms with Crippen LogP contribution in [0.4, 0.5) is 23.1 Å². The van der Waals surface area contributed by atoms with E-state index in [1.165, 1.54) is 0 Å². The first kappa shape index (κ1) is 21.3. The summed E-state index contributed by atoms with van der Waals surface area (Å²) in [6, 6.07) is 13.0. The van der Waals surface area contributed by atoms with Gasteiger partial charge in [-0.1, -0.05) is 6.07 Å². The Morgan fingerprint density at radius 2 is 1.71 bits per heavy atom. The van der Waals surface area contributed by atoms with E-state index in [4.69, 9.17) is 18.9 Å². The largest absolute Gasteiger partial charge is 0.493 e. The van der Waals surface area contributed by atoms with Crippen LogP contribution in [-0.4, -0.2) is 47.4 Å². The van der Waals surface area contributed by atoms with Crippen LogP contribution in [0.5, 0.6) is 23.0 Å². The number of methoxy groups -OCH3 is 2. The zero-order chi connectivity index (χ0) is 23.3. The number of nitrogens with one attached hydrogen (secondary N) is 2. The fraction of sp³-hybridized carbons (Fsp3) is 0.167. The number of aromatic nitrogens is 4. The van der Waals surface area contributed by atoms with Crippen molar-refractivity contribution in [2.24, 2.45) is 0 Å². The van der Waals surface area contributed by atoms with Crippen LogP contribution < -0.4 is 29.6 Å². The third-order valence-corrected chi connectivity index (χ3v) is 5.03. The van der Waals surface area contributed by atoms with Gasteiger partial charge in [-0.15, -0.1) is 0 Å².